The van der Waals surface area contributed by atoms with Crippen molar-refractivity contribution in [3.63, 3.8) is 0 Å². The molecule has 0 aliphatic carbocycles. The highest BCUT2D eigenvalue weighted by Crippen LogP contribution is 2.19. The fourth-order valence-electron chi connectivity index (χ4n) is 1.96. The van der Waals surface area contributed by atoms with Crippen LogP contribution in [-0.2, 0) is 11.3 Å². The van der Waals surface area contributed by atoms with E-state index in [-0.39, 0.29) is 30.3 Å². The molecule has 2 rings (SSSR count). The number of nitrogens with zero attached hydrogens (tertiary/aromatic N) is 2. The van der Waals surface area contributed by atoms with Crippen LogP contribution in [0.3, 0.4) is 0 Å². The number of hydrogen-bond donors (Lipinski definition) is 1. The number of pyridine rings is 1. The Kier molecular flexibility index (Phi) is 6.21. The van der Waals surface area contributed by atoms with Crippen molar-refractivity contribution in [3.8, 4) is 5.88 Å². The van der Waals surface area contributed by atoms with E-state index in [1.807, 2.05) is 0 Å². The highest BCUT2D eigenvalue weighted by molar-refractivity contribution is 5.94. The Morgan fingerprint density at radius 2 is 2.08 bits per heavy atom. The van der Waals surface area contributed by atoms with Crippen LogP contribution in [0, 0.1) is 0 Å². The topological polar surface area (TPSA) is 84.7 Å². The van der Waals surface area contributed by atoms with Gasteiger partial charge in [-0.1, -0.05) is 6.07 Å². The molecule has 0 spiro atoms. The van der Waals surface area contributed by atoms with Crippen molar-refractivity contribution in [2.45, 2.75) is 12.7 Å². The summed E-state index contributed by atoms with van der Waals surface area (Å²) in [6.45, 7) is -1.83. The van der Waals surface area contributed by atoms with Crippen LogP contribution in [0.15, 0.2) is 41.1 Å². The Labute approximate surface area is 146 Å². The standard InChI is InChI=1S/C16H16F3N3O4/c1-22(15(24)12-5-3-7-25-12)9-13(23)21-8-11-4-2-6-20-14(11)26-10-16(17,18)19/h2-7H,8-10H2,1H3,(H,21,23). The highest BCUT2D eigenvalue weighted by Gasteiger charge is 2.29. The van der Waals surface area contributed by atoms with E-state index in [9.17, 15) is 22.8 Å². The lowest BCUT2D eigenvalue weighted by Crippen LogP contribution is -2.38. The first-order chi connectivity index (χ1) is 12.3. The molecule has 140 valence electrons. The number of carbonyl (C=O) groups is 2. The Balaban J connectivity index is 1.88. The summed E-state index contributed by atoms with van der Waals surface area (Å²) in [6, 6.07) is 6.01. The molecule has 0 unspecified atom stereocenters. The summed E-state index contributed by atoms with van der Waals surface area (Å²) in [5.41, 5.74) is 0.283. The number of ether oxygens (including phenoxy) is 1. The van der Waals surface area contributed by atoms with Crippen molar-refractivity contribution in [1.29, 1.82) is 0 Å². The average Bonchev–Trinajstić information content (AvgIpc) is 3.12. The summed E-state index contributed by atoms with van der Waals surface area (Å²) in [6.07, 6.45) is -1.87. The Bertz CT molecular complexity index is 747. The van der Waals surface area contributed by atoms with Crippen LogP contribution in [0.5, 0.6) is 5.88 Å². The molecule has 2 heterocycles. The maximum absolute atomic E-state index is 12.3. The summed E-state index contributed by atoms with van der Waals surface area (Å²) < 4.78 is 46.4. The zero-order valence-electron chi connectivity index (χ0n) is 13.7. The number of rotatable bonds is 7. The molecule has 7 nitrogen and oxygen atoms in total. The van der Waals surface area contributed by atoms with Crippen LogP contribution >= 0.6 is 0 Å². The van der Waals surface area contributed by atoms with Crippen molar-refractivity contribution in [3.05, 3.63) is 48.0 Å². The molecule has 1 N–H and O–H groups in total. The number of nitrogens with one attached hydrogen (secondary N) is 1. The summed E-state index contributed by atoms with van der Waals surface area (Å²) in [5.74, 6) is -1.10. The number of amides is 2. The van der Waals surface area contributed by atoms with E-state index in [2.05, 4.69) is 15.0 Å². The zero-order chi connectivity index (χ0) is 19.2. The van der Waals surface area contributed by atoms with Crippen molar-refractivity contribution in [2.75, 3.05) is 20.2 Å². The van der Waals surface area contributed by atoms with E-state index >= 15 is 0 Å². The van der Waals surface area contributed by atoms with E-state index in [0.717, 1.165) is 4.90 Å². The lowest BCUT2D eigenvalue weighted by molar-refractivity contribution is -0.154. The van der Waals surface area contributed by atoms with Gasteiger partial charge in [0, 0.05) is 25.4 Å². The molecular formula is C16H16F3N3O4. The highest BCUT2D eigenvalue weighted by atomic mass is 19.4. The average molecular weight is 371 g/mol. The van der Waals surface area contributed by atoms with Gasteiger partial charge in [0.05, 0.1) is 12.8 Å². The quantitative estimate of drug-likeness (QED) is 0.805. The van der Waals surface area contributed by atoms with Crippen LogP contribution in [0.25, 0.3) is 0 Å². The van der Waals surface area contributed by atoms with Crippen molar-refractivity contribution < 1.29 is 31.9 Å². The van der Waals surface area contributed by atoms with Gasteiger partial charge in [-0.3, -0.25) is 9.59 Å². The first-order valence-electron chi connectivity index (χ1n) is 7.45. The monoisotopic (exact) mass is 371 g/mol. The van der Waals surface area contributed by atoms with Gasteiger partial charge in [0.1, 0.15) is 0 Å². The molecule has 0 fully saturated rings. The van der Waals surface area contributed by atoms with Gasteiger partial charge in [-0.25, -0.2) is 4.98 Å². The van der Waals surface area contributed by atoms with Gasteiger partial charge >= 0.3 is 6.18 Å². The zero-order valence-corrected chi connectivity index (χ0v) is 13.7. The third-order valence-electron chi connectivity index (χ3n) is 3.16. The lowest BCUT2D eigenvalue weighted by Gasteiger charge is -2.16. The summed E-state index contributed by atoms with van der Waals surface area (Å²) in [4.78, 5) is 28.8. The maximum Gasteiger partial charge on any atom is 0.422 e. The number of carbonyl (C=O) groups excluding carboxylic acids is 2. The Hall–Kier alpha value is -3.04. The van der Waals surface area contributed by atoms with Crippen LogP contribution in [0.1, 0.15) is 16.1 Å². The van der Waals surface area contributed by atoms with Crippen molar-refractivity contribution >= 4 is 11.8 Å². The molecule has 2 amide bonds. The van der Waals surface area contributed by atoms with E-state index in [1.54, 1.807) is 6.07 Å². The van der Waals surface area contributed by atoms with Gasteiger partial charge in [0.25, 0.3) is 5.91 Å². The molecular weight excluding hydrogens is 355 g/mol. The number of likely N-dealkylation sites (N-methyl/N-ethyl adjacent to an activating group) is 1. The molecule has 0 saturated heterocycles. The molecule has 2 aromatic rings. The molecule has 0 aliphatic rings. The van der Waals surface area contributed by atoms with E-state index in [0.29, 0.717) is 0 Å². The van der Waals surface area contributed by atoms with Crippen LogP contribution in [0.2, 0.25) is 0 Å². The van der Waals surface area contributed by atoms with Gasteiger partial charge in [-0.2, -0.15) is 13.2 Å². The van der Waals surface area contributed by atoms with Crippen molar-refractivity contribution in [2.24, 2.45) is 0 Å². The van der Waals surface area contributed by atoms with Crippen LogP contribution < -0.4 is 10.1 Å². The third-order valence-corrected chi connectivity index (χ3v) is 3.16. The van der Waals surface area contributed by atoms with Gasteiger partial charge in [-0.15, -0.1) is 0 Å². The Morgan fingerprint density at radius 1 is 1.31 bits per heavy atom. The second-order valence-corrected chi connectivity index (χ2v) is 5.29. The summed E-state index contributed by atoms with van der Waals surface area (Å²) >= 11 is 0. The number of hydrogen-bond acceptors (Lipinski definition) is 5. The fraction of sp³-hybridized carbons (Fsp3) is 0.312. The first kappa shape index (κ1) is 19.3. The lowest BCUT2D eigenvalue weighted by atomic mass is 10.2. The molecule has 26 heavy (non-hydrogen) atoms. The number of alkyl halides is 3. The van der Waals surface area contributed by atoms with Gasteiger partial charge in [0.2, 0.25) is 11.8 Å². The minimum atomic E-state index is -4.49. The second-order valence-electron chi connectivity index (χ2n) is 5.29. The maximum atomic E-state index is 12.3. The summed E-state index contributed by atoms with van der Waals surface area (Å²) in [5, 5.41) is 2.50. The molecule has 2 aromatic heterocycles. The molecule has 0 bridgehead atoms. The molecule has 0 aliphatic heterocycles. The smallest absolute Gasteiger partial charge is 0.422 e. The predicted molar refractivity (Wildman–Crippen MR) is 83.3 cm³/mol. The van der Waals surface area contributed by atoms with E-state index in [4.69, 9.17) is 4.42 Å². The normalized spacial score (nSPS) is 11.1. The minimum absolute atomic E-state index is 0.0930. The van der Waals surface area contributed by atoms with Gasteiger partial charge in [-0.05, 0) is 18.2 Å². The number of aromatic nitrogens is 1. The van der Waals surface area contributed by atoms with Crippen molar-refractivity contribution in [1.82, 2.24) is 15.2 Å². The minimum Gasteiger partial charge on any atom is -0.468 e. The van der Waals surface area contributed by atoms with E-state index < -0.39 is 24.6 Å². The van der Waals surface area contributed by atoms with E-state index in [1.165, 1.54) is 37.7 Å². The number of furan rings is 1. The molecule has 0 saturated carbocycles. The summed E-state index contributed by atoms with van der Waals surface area (Å²) in [7, 11) is 1.42. The molecule has 0 aromatic carbocycles. The largest absolute Gasteiger partial charge is 0.468 e. The molecule has 0 atom stereocenters. The molecule has 10 heteroatoms. The predicted octanol–water partition coefficient (Wildman–Crippen LogP) is 2.00. The fourth-order valence-corrected chi connectivity index (χ4v) is 1.96. The van der Waals surface area contributed by atoms with Gasteiger partial charge in [0.15, 0.2) is 12.4 Å². The SMILES string of the molecule is CN(CC(=O)NCc1cccnc1OCC(F)(F)F)C(=O)c1ccco1. The Morgan fingerprint density at radius 3 is 2.73 bits per heavy atom. The molecule has 0 radical (unpaired) electrons. The van der Waals surface area contributed by atoms with Crippen LogP contribution in [0.4, 0.5) is 13.2 Å². The first-order valence-corrected chi connectivity index (χ1v) is 7.45. The number of halogens is 3. The van der Waals surface area contributed by atoms with Crippen LogP contribution in [-0.4, -0.2) is 48.1 Å². The second kappa shape index (κ2) is 8.37. The third kappa shape index (κ3) is 5.80. The van der Waals surface area contributed by atoms with Gasteiger partial charge < -0.3 is 19.4 Å².